The van der Waals surface area contributed by atoms with Gasteiger partial charge in [0.15, 0.2) is 0 Å². The summed E-state index contributed by atoms with van der Waals surface area (Å²) in [5, 5.41) is 5.17. The minimum absolute atomic E-state index is 0. The first-order valence-electron chi connectivity index (χ1n) is 7.48. The van der Waals surface area contributed by atoms with Crippen LogP contribution in [0.25, 0.3) is 0 Å². The molecule has 1 rings (SSSR count). The molecular formula is C16H25ClN4O3. The average Bonchev–Trinajstić information content (AvgIpc) is 2.50. The molecule has 6 N–H and O–H groups in total. The van der Waals surface area contributed by atoms with Gasteiger partial charge < -0.3 is 22.1 Å². The molecule has 1 aromatic carbocycles. The van der Waals surface area contributed by atoms with Gasteiger partial charge in [0.2, 0.25) is 11.8 Å². The van der Waals surface area contributed by atoms with Gasteiger partial charge in [0.1, 0.15) is 0 Å². The lowest BCUT2D eigenvalue weighted by atomic mass is 10.0. The number of carbonyl (C=O) groups excluding carboxylic acids is 3. The molecule has 0 aliphatic rings. The second-order valence-electron chi connectivity index (χ2n) is 5.80. The van der Waals surface area contributed by atoms with Crippen LogP contribution in [0.2, 0.25) is 0 Å². The molecule has 1 atom stereocenters. The molecule has 0 heterocycles. The van der Waals surface area contributed by atoms with Crippen molar-refractivity contribution in [2.45, 2.75) is 32.9 Å². The number of carbonyl (C=O) groups is 3. The molecule has 0 spiro atoms. The summed E-state index contributed by atoms with van der Waals surface area (Å²) in [6.07, 6.45) is 0.630. The molecule has 0 saturated carbocycles. The van der Waals surface area contributed by atoms with Crippen molar-refractivity contribution in [3.05, 3.63) is 35.4 Å². The molecule has 0 aliphatic carbocycles. The summed E-state index contributed by atoms with van der Waals surface area (Å²) in [6.45, 7) is 4.16. The highest BCUT2D eigenvalue weighted by Crippen LogP contribution is 2.06. The lowest BCUT2D eigenvalue weighted by Gasteiger charge is -2.14. The van der Waals surface area contributed by atoms with Crippen LogP contribution >= 0.6 is 12.4 Å². The summed E-state index contributed by atoms with van der Waals surface area (Å²) in [5.41, 5.74) is 12.0. The second kappa shape index (κ2) is 10.6. The Hall–Kier alpha value is -2.12. The quantitative estimate of drug-likeness (QED) is 0.534. The van der Waals surface area contributed by atoms with E-state index in [1.165, 1.54) is 0 Å². The van der Waals surface area contributed by atoms with E-state index in [1.807, 2.05) is 13.8 Å². The smallest absolute Gasteiger partial charge is 0.251 e. The monoisotopic (exact) mass is 356 g/mol. The molecule has 8 heteroatoms. The molecule has 0 radical (unpaired) electrons. The third-order valence-corrected chi connectivity index (χ3v) is 3.17. The van der Waals surface area contributed by atoms with Gasteiger partial charge in [0.25, 0.3) is 5.91 Å². The summed E-state index contributed by atoms with van der Waals surface area (Å²) in [6, 6.07) is 6.17. The summed E-state index contributed by atoms with van der Waals surface area (Å²) < 4.78 is 0. The Morgan fingerprint density at radius 3 is 2.17 bits per heavy atom. The fourth-order valence-electron chi connectivity index (χ4n) is 1.98. The zero-order valence-electron chi connectivity index (χ0n) is 13.9. The first-order valence-corrected chi connectivity index (χ1v) is 7.48. The SMILES string of the molecule is CC(C)C[C@H](N)C(=O)NCc1ccc(C(=O)NCC(N)=O)cc1.Cl. The van der Waals surface area contributed by atoms with Gasteiger partial charge in [-0.2, -0.15) is 0 Å². The maximum Gasteiger partial charge on any atom is 0.251 e. The van der Waals surface area contributed by atoms with Crippen molar-refractivity contribution in [1.82, 2.24) is 10.6 Å². The first-order chi connectivity index (χ1) is 10.8. The number of halogens is 1. The third-order valence-electron chi connectivity index (χ3n) is 3.17. The Bertz CT molecular complexity index is 561. The number of hydrogen-bond donors (Lipinski definition) is 4. The summed E-state index contributed by atoms with van der Waals surface area (Å²) in [4.78, 5) is 34.2. The Morgan fingerprint density at radius 1 is 1.08 bits per heavy atom. The van der Waals surface area contributed by atoms with E-state index in [4.69, 9.17) is 11.5 Å². The van der Waals surface area contributed by atoms with Gasteiger partial charge in [-0.25, -0.2) is 0 Å². The molecule has 0 aliphatic heterocycles. The fraction of sp³-hybridized carbons (Fsp3) is 0.438. The molecular weight excluding hydrogens is 332 g/mol. The molecule has 134 valence electrons. The maximum atomic E-state index is 11.8. The van der Waals surface area contributed by atoms with Crippen molar-refractivity contribution in [2.24, 2.45) is 17.4 Å². The standard InChI is InChI=1S/C16H24N4O3.ClH/c1-10(2)7-13(17)16(23)19-8-11-3-5-12(6-4-11)15(22)20-9-14(18)21;/h3-6,10,13H,7-9,17H2,1-2H3,(H2,18,21)(H,19,23)(H,20,22);1H/t13-;/m0./s1. The molecule has 0 unspecified atom stereocenters. The number of hydrogen-bond acceptors (Lipinski definition) is 4. The highest BCUT2D eigenvalue weighted by Gasteiger charge is 2.14. The highest BCUT2D eigenvalue weighted by atomic mass is 35.5. The molecule has 0 fully saturated rings. The van der Waals surface area contributed by atoms with Crippen molar-refractivity contribution in [2.75, 3.05) is 6.54 Å². The van der Waals surface area contributed by atoms with E-state index in [-0.39, 0.29) is 30.8 Å². The normalized spacial score (nSPS) is 11.3. The predicted molar refractivity (Wildman–Crippen MR) is 94.5 cm³/mol. The van der Waals surface area contributed by atoms with Crippen LogP contribution < -0.4 is 22.1 Å². The molecule has 0 saturated heterocycles. The minimum Gasteiger partial charge on any atom is -0.368 e. The van der Waals surface area contributed by atoms with E-state index in [1.54, 1.807) is 24.3 Å². The van der Waals surface area contributed by atoms with Crippen LogP contribution in [0.4, 0.5) is 0 Å². The largest absolute Gasteiger partial charge is 0.368 e. The van der Waals surface area contributed by atoms with Crippen LogP contribution in [0, 0.1) is 5.92 Å². The Kier molecular flexibility index (Phi) is 9.68. The molecule has 0 bridgehead atoms. The van der Waals surface area contributed by atoms with Gasteiger partial charge in [-0.3, -0.25) is 14.4 Å². The van der Waals surface area contributed by atoms with Crippen LogP contribution in [-0.4, -0.2) is 30.3 Å². The van der Waals surface area contributed by atoms with Crippen LogP contribution in [0.3, 0.4) is 0 Å². The van der Waals surface area contributed by atoms with Gasteiger partial charge in [-0.1, -0.05) is 26.0 Å². The van der Waals surface area contributed by atoms with E-state index in [2.05, 4.69) is 10.6 Å². The van der Waals surface area contributed by atoms with Gasteiger partial charge >= 0.3 is 0 Å². The van der Waals surface area contributed by atoms with Crippen LogP contribution in [0.1, 0.15) is 36.2 Å². The molecule has 7 nitrogen and oxygen atoms in total. The van der Waals surface area contributed by atoms with Crippen LogP contribution in [0.5, 0.6) is 0 Å². The number of benzene rings is 1. The van der Waals surface area contributed by atoms with E-state index < -0.39 is 11.9 Å². The van der Waals surface area contributed by atoms with Crippen molar-refractivity contribution in [1.29, 1.82) is 0 Å². The number of amides is 3. The van der Waals surface area contributed by atoms with E-state index in [9.17, 15) is 14.4 Å². The number of primary amides is 1. The van der Waals surface area contributed by atoms with Gasteiger partial charge in [-0.15, -0.1) is 12.4 Å². The van der Waals surface area contributed by atoms with Gasteiger partial charge in [0.05, 0.1) is 12.6 Å². The maximum absolute atomic E-state index is 11.8. The molecule has 3 amide bonds. The zero-order chi connectivity index (χ0) is 17.4. The Morgan fingerprint density at radius 2 is 1.67 bits per heavy atom. The summed E-state index contributed by atoms with van der Waals surface area (Å²) >= 11 is 0. The summed E-state index contributed by atoms with van der Waals surface area (Å²) in [5.74, 6) is -0.815. The topological polar surface area (TPSA) is 127 Å². The molecule has 24 heavy (non-hydrogen) atoms. The van der Waals surface area contributed by atoms with Gasteiger partial charge in [-0.05, 0) is 30.0 Å². The lowest BCUT2D eigenvalue weighted by molar-refractivity contribution is -0.122. The number of nitrogens with one attached hydrogen (secondary N) is 2. The number of rotatable bonds is 8. The first kappa shape index (κ1) is 21.9. The van der Waals surface area contributed by atoms with Crippen molar-refractivity contribution in [3.8, 4) is 0 Å². The number of nitrogens with two attached hydrogens (primary N) is 2. The van der Waals surface area contributed by atoms with Crippen LogP contribution in [-0.2, 0) is 16.1 Å². The molecule has 0 aromatic heterocycles. The zero-order valence-corrected chi connectivity index (χ0v) is 14.7. The second-order valence-corrected chi connectivity index (χ2v) is 5.80. The Balaban J connectivity index is 0.00000529. The lowest BCUT2D eigenvalue weighted by Crippen LogP contribution is -2.41. The van der Waals surface area contributed by atoms with Crippen molar-refractivity contribution in [3.63, 3.8) is 0 Å². The van der Waals surface area contributed by atoms with E-state index in [0.29, 0.717) is 24.4 Å². The van der Waals surface area contributed by atoms with E-state index in [0.717, 1.165) is 5.56 Å². The van der Waals surface area contributed by atoms with E-state index >= 15 is 0 Å². The minimum atomic E-state index is -0.601. The molecule has 1 aromatic rings. The summed E-state index contributed by atoms with van der Waals surface area (Å²) in [7, 11) is 0. The average molecular weight is 357 g/mol. The third kappa shape index (κ3) is 7.94. The predicted octanol–water partition coefficient (Wildman–Crippen LogP) is 0.313. The fourth-order valence-corrected chi connectivity index (χ4v) is 1.98. The Labute approximate surface area is 147 Å². The van der Waals surface area contributed by atoms with Crippen molar-refractivity contribution < 1.29 is 14.4 Å². The van der Waals surface area contributed by atoms with Gasteiger partial charge in [0, 0.05) is 12.1 Å². The van der Waals surface area contributed by atoms with Crippen molar-refractivity contribution >= 4 is 30.1 Å². The van der Waals surface area contributed by atoms with Crippen LogP contribution in [0.15, 0.2) is 24.3 Å². The highest BCUT2D eigenvalue weighted by molar-refractivity contribution is 5.96.